The van der Waals surface area contributed by atoms with Crippen molar-refractivity contribution in [2.24, 2.45) is 0 Å². The number of rotatable bonds is 3. The second kappa shape index (κ2) is 7.82. The Morgan fingerprint density at radius 1 is 0.967 bits per heavy atom. The third kappa shape index (κ3) is 3.51. The summed E-state index contributed by atoms with van der Waals surface area (Å²) in [6.45, 7) is 1.01. The van der Waals surface area contributed by atoms with Crippen LogP contribution >= 0.6 is 0 Å². The number of amides is 1. The first kappa shape index (κ1) is 18.7. The van der Waals surface area contributed by atoms with Gasteiger partial charge in [-0.1, -0.05) is 6.42 Å². The van der Waals surface area contributed by atoms with Gasteiger partial charge in [-0.15, -0.1) is 0 Å². The van der Waals surface area contributed by atoms with Crippen molar-refractivity contribution < 1.29 is 18.7 Å². The molecule has 1 amide bonds. The molecule has 2 aliphatic rings. The summed E-state index contributed by atoms with van der Waals surface area (Å²) in [7, 11) is 0. The maximum Gasteiger partial charge on any atom is 0.276 e. The zero-order valence-corrected chi connectivity index (χ0v) is 16.5. The lowest BCUT2D eigenvalue weighted by Crippen LogP contribution is -2.17. The van der Waals surface area contributed by atoms with Crippen molar-refractivity contribution in [3.05, 3.63) is 65.2 Å². The summed E-state index contributed by atoms with van der Waals surface area (Å²) in [6.07, 6.45) is 4.83. The first-order valence-electron chi connectivity index (χ1n) is 10.3. The van der Waals surface area contributed by atoms with Crippen LogP contribution in [0.15, 0.2) is 42.5 Å². The largest absolute Gasteiger partial charge is 0.486 e. The van der Waals surface area contributed by atoms with Gasteiger partial charge in [-0.05, 0) is 62.1 Å². The standard InChI is InChI=1S/C23H22FN3O3/c24-15-6-9-17(10-7-15)27-19-5-3-1-2-4-18(19)22(26-27)23(28)25-16-8-11-20-21(14-16)30-13-12-29-20/h6-11,14H,1-5,12-13H2,(H,25,28). The molecule has 1 aromatic heterocycles. The minimum absolute atomic E-state index is 0.259. The van der Waals surface area contributed by atoms with Gasteiger partial charge in [0.2, 0.25) is 0 Å². The molecule has 0 atom stereocenters. The maximum absolute atomic E-state index is 13.4. The first-order chi connectivity index (χ1) is 14.7. The molecule has 2 heterocycles. The molecule has 7 heteroatoms. The Morgan fingerprint density at radius 2 is 1.73 bits per heavy atom. The average Bonchev–Trinajstić information content (AvgIpc) is 2.95. The smallest absolute Gasteiger partial charge is 0.276 e. The van der Waals surface area contributed by atoms with Gasteiger partial charge in [-0.25, -0.2) is 9.07 Å². The van der Waals surface area contributed by atoms with Gasteiger partial charge in [0.1, 0.15) is 19.0 Å². The van der Waals surface area contributed by atoms with Crippen LogP contribution in [0.5, 0.6) is 11.5 Å². The SMILES string of the molecule is O=C(Nc1ccc2c(c1)OCCO2)c1nn(-c2ccc(F)cc2)c2c1CCCCC2. The summed E-state index contributed by atoms with van der Waals surface area (Å²) < 4.78 is 26.3. The molecular formula is C23H22FN3O3. The summed E-state index contributed by atoms with van der Waals surface area (Å²) in [5.41, 5.74) is 3.82. The van der Waals surface area contributed by atoms with Crippen molar-refractivity contribution in [1.29, 1.82) is 0 Å². The number of carbonyl (C=O) groups excluding carboxylic acids is 1. The first-order valence-corrected chi connectivity index (χ1v) is 10.3. The molecule has 3 aromatic rings. The molecule has 1 N–H and O–H groups in total. The molecule has 5 rings (SSSR count). The van der Waals surface area contributed by atoms with E-state index in [2.05, 4.69) is 10.4 Å². The van der Waals surface area contributed by atoms with Crippen LogP contribution < -0.4 is 14.8 Å². The molecule has 0 spiro atoms. The quantitative estimate of drug-likeness (QED) is 0.658. The highest BCUT2D eigenvalue weighted by molar-refractivity contribution is 6.04. The van der Waals surface area contributed by atoms with E-state index < -0.39 is 0 Å². The van der Waals surface area contributed by atoms with Crippen molar-refractivity contribution in [1.82, 2.24) is 9.78 Å². The number of nitrogens with zero attached hydrogens (tertiary/aromatic N) is 2. The Bertz CT molecular complexity index is 1090. The number of nitrogens with one attached hydrogen (secondary N) is 1. The normalized spacial score (nSPS) is 15.2. The average molecular weight is 407 g/mol. The van der Waals surface area contributed by atoms with E-state index in [1.807, 2.05) is 0 Å². The Morgan fingerprint density at radius 3 is 2.57 bits per heavy atom. The molecule has 1 aliphatic heterocycles. The van der Waals surface area contributed by atoms with E-state index in [1.54, 1.807) is 35.0 Å². The maximum atomic E-state index is 13.4. The van der Waals surface area contributed by atoms with Crippen molar-refractivity contribution >= 4 is 11.6 Å². The molecule has 154 valence electrons. The molecule has 0 unspecified atom stereocenters. The van der Waals surface area contributed by atoms with Crippen LogP contribution in [0.3, 0.4) is 0 Å². The second-order valence-corrected chi connectivity index (χ2v) is 7.54. The number of benzene rings is 2. The number of anilines is 1. The number of hydrogen-bond donors (Lipinski definition) is 1. The minimum atomic E-state index is -0.298. The monoisotopic (exact) mass is 407 g/mol. The van der Waals surface area contributed by atoms with Crippen LogP contribution in [-0.4, -0.2) is 28.9 Å². The van der Waals surface area contributed by atoms with Crippen LogP contribution in [-0.2, 0) is 12.8 Å². The molecule has 30 heavy (non-hydrogen) atoms. The number of aromatic nitrogens is 2. The van der Waals surface area contributed by atoms with Crippen LogP contribution in [0.4, 0.5) is 10.1 Å². The second-order valence-electron chi connectivity index (χ2n) is 7.54. The zero-order valence-electron chi connectivity index (χ0n) is 16.5. The summed E-state index contributed by atoms with van der Waals surface area (Å²) in [5.74, 6) is 0.739. The summed E-state index contributed by atoms with van der Waals surface area (Å²) in [4.78, 5) is 13.1. The van der Waals surface area contributed by atoms with Crippen molar-refractivity contribution in [2.75, 3.05) is 18.5 Å². The lowest BCUT2D eigenvalue weighted by atomic mass is 10.1. The summed E-state index contributed by atoms with van der Waals surface area (Å²) in [5, 5.41) is 7.59. The van der Waals surface area contributed by atoms with Gasteiger partial charge in [0, 0.05) is 23.0 Å². The van der Waals surface area contributed by atoms with Crippen molar-refractivity contribution in [3.63, 3.8) is 0 Å². The van der Waals surface area contributed by atoms with Gasteiger partial charge >= 0.3 is 0 Å². The highest BCUT2D eigenvalue weighted by Gasteiger charge is 2.25. The van der Waals surface area contributed by atoms with E-state index >= 15 is 0 Å². The van der Waals surface area contributed by atoms with Gasteiger partial charge < -0.3 is 14.8 Å². The molecule has 0 saturated carbocycles. The molecule has 1 aliphatic carbocycles. The molecular weight excluding hydrogens is 385 g/mol. The fraction of sp³-hybridized carbons (Fsp3) is 0.304. The third-order valence-electron chi connectivity index (χ3n) is 5.52. The molecule has 2 aromatic carbocycles. The van der Waals surface area contributed by atoms with Crippen LogP contribution in [0.1, 0.15) is 41.0 Å². The Kier molecular flexibility index (Phi) is 4.86. The fourth-order valence-corrected chi connectivity index (χ4v) is 4.07. The number of ether oxygens (including phenoxy) is 2. The highest BCUT2D eigenvalue weighted by atomic mass is 19.1. The fourth-order valence-electron chi connectivity index (χ4n) is 4.07. The Hall–Kier alpha value is -3.35. The predicted molar refractivity (Wildman–Crippen MR) is 110 cm³/mol. The molecule has 0 bridgehead atoms. The number of fused-ring (bicyclic) bond motifs is 2. The van der Waals surface area contributed by atoms with Crippen LogP contribution in [0, 0.1) is 5.82 Å². The summed E-state index contributed by atoms with van der Waals surface area (Å²) in [6, 6.07) is 11.6. The van der Waals surface area contributed by atoms with E-state index in [4.69, 9.17) is 9.47 Å². The van der Waals surface area contributed by atoms with Gasteiger partial charge in [-0.2, -0.15) is 5.10 Å². The van der Waals surface area contributed by atoms with E-state index in [0.717, 1.165) is 49.0 Å². The zero-order chi connectivity index (χ0) is 20.5. The van der Waals surface area contributed by atoms with Crippen LogP contribution in [0.2, 0.25) is 0 Å². The van der Waals surface area contributed by atoms with Crippen molar-refractivity contribution in [3.8, 4) is 17.2 Å². The lowest BCUT2D eigenvalue weighted by Gasteiger charge is -2.18. The van der Waals surface area contributed by atoms with E-state index in [9.17, 15) is 9.18 Å². The number of hydrogen-bond acceptors (Lipinski definition) is 4. The molecule has 0 radical (unpaired) electrons. The predicted octanol–water partition coefficient (Wildman–Crippen LogP) is 4.30. The van der Waals surface area contributed by atoms with Crippen molar-refractivity contribution in [2.45, 2.75) is 32.1 Å². The van der Waals surface area contributed by atoms with Gasteiger partial charge in [0.25, 0.3) is 5.91 Å². The Balaban J connectivity index is 1.49. The number of halogens is 1. The van der Waals surface area contributed by atoms with Gasteiger partial charge in [0.15, 0.2) is 17.2 Å². The minimum Gasteiger partial charge on any atom is -0.486 e. The summed E-state index contributed by atoms with van der Waals surface area (Å²) >= 11 is 0. The van der Waals surface area contributed by atoms with E-state index in [0.29, 0.717) is 36.1 Å². The van der Waals surface area contributed by atoms with Crippen LogP contribution in [0.25, 0.3) is 5.69 Å². The lowest BCUT2D eigenvalue weighted by molar-refractivity contribution is 0.102. The highest BCUT2D eigenvalue weighted by Crippen LogP contribution is 2.33. The van der Waals surface area contributed by atoms with E-state index in [1.165, 1.54) is 12.1 Å². The molecule has 0 saturated heterocycles. The van der Waals surface area contributed by atoms with Gasteiger partial charge in [0.05, 0.1) is 5.69 Å². The molecule has 6 nitrogen and oxygen atoms in total. The van der Waals surface area contributed by atoms with E-state index in [-0.39, 0.29) is 11.7 Å². The molecule has 0 fully saturated rings. The topological polar surface area (TPSA) is 65.4 Å². The van der Waals surface area contributed by atoms with Gasteiger partial charge in [-0.3, -0.25) is 4.79 Å². The Labute approximate surface area is 173 Å². The number of carbonyl (C=O) groups is 1. The third-order valence-corrected chi connectivity index (χ3v) is 5.52.